The van der Waals surface area contributed by atoms with Crippen molar-refractivity contribution in [1.82, 2.24) is 24.7 Å². The number of nitrogens with zero attached hydrogens (tertiary/aromatic N) is 4. The molecule has 0 bridgehead atoms. The summed E-state index contributed by atoms with van der Waals surface area (Å²) in [4.78, 5) is 51.2. The largest absolute Gasteiger partial charge is 0.321 e. The molecule has 0 unspecified atom stereocenters. The topological polar surface area (TPSA) is 89.6 Å². The van der Waals surface area contributed by atoms with E-state index in [1.165, 1.54) is 37.4 Å². The van der Waals surface area contributed by atoms with Crippen molar-refractivity contribution in [2.24, 2.45) is 5.92 Å². The van der Waals surface area contributed by atoms with Crippen LogP contribution in [0.2, 0.25) is 0 Å². The van der Waals surface area contributed by atoms with E-state index in [2.05, 4.69) is 64.2 Å². The van der Waals surface area contributed by atoms with Crippen LogP contribution in [0.15, 0.2) is 47.7 Å². The highest BCUT2D eigenvalue weighted by Crippen LogP contribution is 2.49. The van der Waals surface area contributed by atoms with Crippen LogP contribution in [0.25, 0.3) is 0 Å². The number of ketones is 1. The van der Waals surface area contributed by atoms with E-state index in [9.17, 15) is 14.4 Å². The highest BCUT2D eigenvalue weighted by Gasteiger charge is 2.55. The fourth-order valence-electron chi connectivity index (χ4n) is 6.49. The van der Waals surface area contributed by atoms with Gasteiger partial charge in [0.2, 0.25) is 0 Å². The number of benzene rings is 1. The molecule has 2 saturated carbocycles. The van der Waals surface area contributed by atoms with Crippen molar-refractivity contribution in [1.29, 1.82) is 0 Å². The molecule has 1 aliphatic heterocycles. The normalized spacial score (nSPS) is 26.6. The summed E-state index contributed by atoms with van der Waals surface area (Å²) in [7, 11) is 4.31. The van der Waals surface area contributed by atoms with E-state index in [1.54, 1.807) is 4.90 Å². The van der Waals surface area contributed by atoms with Crippen molar-refractivity contribution in [2.45, 2.75) is 62.4 Å². The molecule has 2 heterocycles. The van der Waals surface area contributed by atoms with E-state index in [1.807, 2.05) is 0 Å². The number of carbonyl (C=O) groups is 2. The standard InChI is InChI=1S/C28H37N5O3/c1-31(2)28(23-9-4-3-5-10-23)13-11-27(12-14-28)19-32(26(36)33(27)17-21-7-6-8-21)18-24(34)15-22-16-29-20-30-25(22)35/h3-5,9-10,16,20-21H,6-8,11-15,17-19H2,1-2H3,(H,29,30,35). The van der Waals surface area contributed by atoms with Crippen molar-refractivity contribution in [3.8, 4) is 0 Å². The number of urea groups is 1. The molecule has 3 aliphatic rings. The second-order valence-corrected chi connectivity index (χ2v) is 11.2. The Labute approximate surface area is 212 Å². The molecule has 0 radical (unpaired) electrons. The molecule has 2 amide bonds. The third kappa shape index (κ3) is 4.47. The third-order valence-electron chi connectivity index (χ3n) is 8.95. The molecular formula is C28H37N5O3. The van der Waals surface area contributed by atoms with Crippen LogP contribution in [-0.4, -0.2) is 75.8 Å². The first-order chi connectivity index (χ1) is 17.3. The van der Waals surface area contributed by atoms with Gasteiger partial charge in [-0.05, 0) is 64.1 Å². The maximum atomic E-state index is 13.7. The summed E-state index contributed by atoms with van der Waals surface area (Å²) in [5.41, 5.74) is 1.07. The molecule has 2 aliphatic carbocycles. The minimum atomic E-state index is -0.303. The van der Waals surface area contributed by atoms with Gasteiger partial charge in [-0.25, -0.2) is 9.78 Å². The maximum Gasteiger partial charge on any atom is 0.321 e. The third-order valence-corrected chi connectivity index (χ3v) is 8.95. The fourth-order valence-corrected chi connectivity index (χ4v) is 6.49. The fraction of sp³-hybridized carbons (Fsp3) is 0.571. The van der Waals surface area contributed by atoms with Gasteiger partial charge in [-0.3, -0.25) is 14.5 Å². The second kappa shape index (κ2) is 9.81. The number of Topliss-reactive ketones (excluding diaryl/α,β-unsaturated/α-hetero) is 1. The van der Waals surface area contributed by atoms with Crippen molar-refractivity contribution in [2.75, 3.05) is 33.7 Å². The summed E-state index contributed by atoms with van der Waals surface area (Å²) in [6.45, 7) is 1.39. The number of carbonyl (C=O) groups excluding carboxylic acids is 2. The maximum absolute atomic E-state index is 13.7. The SMILES string of the molecule is CN(C)C1(c2ccccc2)CCC2(CC1)CN(CC(=O)Cc1cnc[nH]c1=O)C(=O)N2CC1CCC1. The van der Waals surface area contributed by atoms with Gasteiger partial charge >= 0.3 is 6.03 Å². The number of amides is 2. The molecule has 5 rings (SSSR count). The summed E-state index contributed by atoms with van der Waals surface area (Å²) in [5.74, 6) is 0.426. The first-order valence-electron chi connectivity index (χ1n) is 13.2. The summed E-state index contributed by atoms with van der Waals surface area (Å²) in [5, 5.41) is 0. The molecule has 1 aromatic carbocycles. The zero-order valence-corrected chi connectivity index (χ0v) is 21.4. The number of aromatic nitrogens is 2. The van der Waals surface area contributed by atoms with Gasteiger partial charge in [0.15, 0.2) is 5.78 Å². The van der Waals surface area contributed by atoms with Crippen LogP contribution in [0.1, 0.15) is 56.1 Å². The van der Waals surface area contributed by atoms with E-state index < -0.39 is 0 Å². The molecule has 0 atom stereocenters. The Balaban J connectivity index is 1.35. The first kappa shape index (κ1) is 24.7. The molecular weight excluding hydrogens is 454 g/mol. The molecule has 3 fully saturated rings. The lowest BCUT2D eigenvalue weighted by atomic mass is 9.68. The van der Waals surface area contributed by atoms with Crippen molar-refractivity contribution >= 4 is 11.8 Å². The predicted octanol–water partition coefficient (Wildman–Crippen LogP) is 3.19. The Morgan fingerprint density at radius 1 is 1.11 bits per heavy atom. The Hall–Kier alpha value is -3.00. The highest BCUT2D eigenvalue weighted by atomic mass is 16.2. The van der Waals surface area contributed by atoms with E-state index in [4.69, 9.17) is 0 Å². The average molecular weight is 492 g/mol. The molecule has 1 aromatic heterocycles. The molecule has 2 aromatic rings. The van der Waals surface area contributed by atoms with E-state index in [-0.39, 0.29) is 41.4 Å². The van der Waals surface area contributed by atoms with Gasteiger partial charge < -0.3 is 14.8 Å². The van der Waals surface area contributed by atoms with Gasteiger partial charge in [0, 0.05) is 36.8 Å². The minimum Gasteiger partial charge on any atom is -0.317 e. The van der Waals surface area contributed by atoms with Crippen LogP contribution >= 0.6 is 0 Å². The highest BCUT2D eigenvalue weighted by molar-refractivity contribution is 5.88. The second-order valence-electron chi connectivity index (χ2n) is 11.2. The van der Waals surface area contributed by atoms with Crippen molar-refractivity contribution in [3.05, 3.63) is 64.3 Å². The molecule has 1 spiro atoms. The molecule has 192 valence electrons. The van der Waals surface area contributed by atoms with Crippen LogP contribution in [0.4, 0.5) is 4.79 Å². The van der Waals surface area contributed by atoms with Crippen molar-refractivity contribution in [3.63, 3.8) is 0 Å². The van der Waals surface area contributed by atoms with Gasteiger partial charge in [0.1, 0.15) is 0 Å². The number of hydrogen-bond acceptors (Lipinski definition) is 5. The Bertz CT molecular complexity index is 1150. The number of nitrogens with one attached hydrogen (secondary N) is 1. The number of rotatable bonds is 8. The minimum absolute atomic E-state index is 0.0136. The molecule has 1 N–H and O–H groups in total. The number of hydrogen-bond donors (Lipinski definition) is 1. The van der Waals surface area contributed by atoms with Crippen molar-refractivity contribution < 1.29 is 9.59 Å². The van der Waals surface area contributed by atoms with Crippen LogP contribution < -0.4 is 5.56 Å². The molecule has 1 saturated heterocycles. The average Bonchev–Trinajstić information content (AvgIpc) is 3.08. The monoisotopic (exact) mass is 491 g/mol. The van der Waals surface area contributed by atoms with Crippen LogP contribution in [-0.2, 0) is 16.8 Å². The number of aromatic amines is 1. The lowest BCUT2D eigenvalue weighted by Crippen LogP contribution is -2.56. The van der Waals surface area contributed by atoms with Gasteiger partial charge in [-0.2, -0.15) is 0 Å². The summed E-state index contributed by atoms with van der Waals surface area (Å²) in [6.07, 6.45) is 10.1. The first-order valence-corrected chi connectivity index (χ1v) is 13.2. The quantitative estimate of drug-likeness (QED) is 0.613. The molecule has 8 heteroatoms. The Morgan fingerprint density at radius 3 is 2.44 bits per heavy atom. The summed E-state index contributed by atoms with van der Waals surface area (Å²) >= 11 is 0. The zero-order chi connectivity index (χ0) is 25.3. The Morgan fingerprint density at radius 2 is 1.83 bits per heavy atom. The van der Waals surface area contributed by atoms with Crippen LogP contribution in [0, 0.1) is 5.92 Å². The predicted molar refractivity (Wildman–Crippen MR) is 138 cm³/mol. The zero-order valence-electron chi connectivity index (χ0n) is 21.4. The smallest absolute Gasteiger partial charge is 0.317 e. The van der Waals surface area contributed by atoms with E-state index in [0.29, 0.717) is 18.0 Å². The number of H-pyrrole nitrogens is 1. The Kier molecular flexibility index (Phi) is 6.72. The van der Waals surface area contributed by atoms with Gasteiger partial charge in [0.25, 0.3) is 5.56 Å². The van der Waals surface area contributed by atoms with Gasteiger partial charge in [0.05, 0.1) is 18.4 Å². The van der Waals surface area contributed by atoms with Gasteiger partial charge in [-0.1, -0.05) is 36.8 Å². The summed E-state index contributed by atoms with van der Waals surface area (Å²) < 4.78 is 0. The van der Waals surface area contributed by atoms with E-state index >= 15 is 0 Å². The van der Waals surface area contributed by atoms with E-state index in [0.717, 1.165) is 32.2 Å². The van der Waals surface area contributed by atoms with Crippen LogP contribution in [0.5, 0.6) is 0 Å². The lowest BCUT2D eigenvalue weighted by molar-refractivity contribution is -0.119. The molecule has 36 heavy (non-hydrogen) atoms. The van der Waals surface area contributed by atoms with Gasteiger partial charge in [-0.15, -0.1) is 0 Å². The summed E-state index contributed by atoms with van der Waals surface area (Å²) in [6, 6.07) is 10.7. The molecule has 8 nitrogen and oxygen atoms in total. The van der Waals surface area contributed by atoms with Crippen LogP contribution in [0.3, 0.4) is 0 Å². The lowest BCUT2D eigenvalue weighted by Gasteiger charge is -2.51.